The van der Waals surface area contributed by atoms with Crippen LogP contribution in [0.1, 0.15) is 22.6 Å². The molecule has 0 spiro atoms. The maximum absolute atomic E-state index is 12.8. The quantitative estimate of drug-likeness (QED) is 0.769. The summed E-state index contributed by atoms with van der Waals surface area (Å²) < 4.78 is 1.86. The molecule has 3 heterocycles. The first-order valence-corrected chi connectivity index (χ1v) is 8.22. The molecule has 1 aliphatic heterocycles. The van der Waals surface area contributed by atoms with Crippen LogP contribution in [-0.2, 0) is 6.54 Å². The van der Waals surface area contributed by atoms with E-state index < -0.39 is 0 Å². The Labute approximate surface area is 145 Å². The highest BCUT2D eigenvalue weighted by Gasteiger charge is 2.20. The molecule has 0 saturated heterocycles. The second kappa shape index (κ2) is 6.35. The van der Waals surface area contributed by atoms with Crippen molar-refractivity contribution < 1.29 is 4.79 Å². The van der Waals surface area contributed by atoms with Crippen molar-refractivity contribution in [1.29, 1.82) is 0 Å². The SMILES string of the molecule is Cc1ncc(C(=O)Nc2cnn3c2NCCC3)c(-c2ccccc2)n1. The third-order valence-corrected chi connectivity index (χ3v) is 4.13. The molecule has 7 heteroatoms. The lowest BCUT2D eigenvalue weighted by Gasteiger charge is -2.17. The molecule has 0 atom stereocenters. The molecule has 0 saturated carbocycles. The molecule has 2 N–H and O–H groups in total. The van der Waals surface area contributed by atoms with E-state index in [1.807, 2.05) is 41.9 Å². The summed E-state index contributed by atoms with van der Waals surface area (Å²) in [5, 5.41) is 10.5. The zero-order valence-electron chi connectivity index (χ0n) is 13.9. The number of nitrogens with one attached hydrogen (secondary N) is 2. The van der Waals surface area contributed by atoms with Gasteiger partial charge in [0.25, 0.3) is 5.91 Å². The fourth-order valence-electron chi connectivity index (χ4n) is 2.91. The number of aryl methyl sites for hydroxylation is 2. The van der Waals surface area contributed by atoms with E-state index in [0.29, 0.717) is 22.8 Å². The Kier molecular flexibility index (Phi) is 3.89. The molecule has 0 bridgehead atoms. The Morgan fingerprint density at radius 1 is 1.24 bits per heavy atom. The third kappa shape index (κ3) is 2.96. The second-order valence-electron chi connectivity index (χ2n) is 5.91. The van der Waals surface area contributed by atoms with Crippen LogP contribution in [0.3, 0.4) is 0 Å². The minimum absolute atomic E-state index is 0.248. The minimum Gasteiger partial charge on any atom is -0.368 e. The predicted molar refractivity (Wildman–Crippen MR) is 95.5 cm³/mol. The number of hydrogen-bond acceptors (Lipinski definition) is 5. The minimum atomic E-state index is -0.248. The van der Waals surface area contributed by atoms with Gasteiger partial charge in [0.15, 0.2) is 0 Å². The average molecular weight is 334 g/mol. The van der Waals surface area contributed by atoms with Gasteiger partial charge in [0.1, 0.15) is 17.3 Å². The van der Waals surface area contributed by atoms with Crippen LogP contribution in [0.5, 0.6) is 0 Å². The molecular formula is C18H18N6O. The van der Waals surface area contributed by atoms with Crippen LogP contribution in [0.2, 0.25) is 0 Å². The van der Waals surface area contributed by atoms with Gasteiger partial charge in [-0.1, -0.05) is 30.3 Å². The standard InChI is InChI=1S/C18H18N6O/c1-12-20-10-14(16(22-12)13-6-3-2-4-7-13)18(25)23-15-11-21-24-9-5-8-19-17(15)24/h2-4,6-7,10-11,19H,5,8-9H2,1H3,(H,23,25). The van der Waals surface area contributed by atoms with E-state index in [-0.39, 0.29) is 5.91 Å². The lowest BCUT2D eigenvalue weighted by molar-refractivity contribution is 0.102. The monoisotopic (exact) mass is 334 g/mol. The van der Waals surface area contributed by atoms with E-state index >= 15 is 0 Å². The van der Waals surface area contributed by atoms with Gasteiger partial charge in [0.05, 0.1) is 17.5 Å². The molecule has 0 unspecified atom stereocenters. The first-order valence-electron chi connectivity index (χ1n) is 8.22. The van der Waals surface area contributed by atoms with Gasteiger partial charge in [-0.3, -0.25) is 4.79 Å². The topological polar surface area (TPSA) is 84.7 Å². The normalized spacial score (nSPS) is 13.0. The lowest BCUT2D eigenvalue weighted by Crippen LogP contribution is -2.20. The highest BCUT2D eigenvalue weighted by molar-refractivity contribution is 6.08. The van der Waals surface area contributed by atoms with E-state index in [1.165, 1.54) is 0 Å². The zero-order chi connectivity index (χ0) is 17.2. The van der Waals surface area contributed by atoms with Gasteiger partial charge < -0.3 is 10.6 Å². The largest absolute Gasteiger partial charge is 0.368 e. The summed E-state index contributed by atoms with van der Waals surface area (Å²) in [7, 11) is 0. The number of amides is 1. The molecule has 0 fully saturated rings. The highest BCUT2D eigenvalue weighted by atomic mass is 16.1. The van der Waals surface area contributed by atoms with Crippen LogP contribution >= 0.6 is 0 Å². The molecule has 25 heavy (non-hydrogen) atoms. The van der Waals surface area contributed by atoms with Crippen LogP contribution in [0.15, 0.2) is 42.7 Å². The predicted octanol–water partition coefficient (Wildman–Crippen LogP) is 2.72. The van der Waals surface area contributed by atoms with Crippen LogP contribution < -0.4 is 10.6 Å². The van der Waals surface area contributed by atoms with Crippen molar-refractivity contribution in [3.63, 3.8) is 0 Å². The van der Waals surface area contributed by atoms with Gasteiger partial charge in [-0.05, 0) is 13.3 Å². The Morgan fingerprint density at radius 3 is 2.92 bits per heavy atom. The Hall–Kier alpha value is -3.22. The lowest BCUT2D eigenvalue weighted by atomic mass is 10.1. The van der Waals surface area contributed by atoms with Gasteiger partial charge in [-0.25, -0.2) is 14.6 Å². The molecule has 1 aromatic carbocycles. The summed E-state index contributed by atoms with van der Waals surface area (Å²) >= 11 is 0. The van der Waals surface area contributed by atoms with Crippen molar-refractivity contribution >= 4 is 17.4 Å². The van der Waals surface area contributed by atoms with Gasteiger partial charge in [-0.2, -0.15) is 5.10 Å². The summed E-state index contributed by atoms with van der Waals surface area (Å²) in [5.41, 5.74) is 2.62. The van der Waals surface area contributed by atoms with Gasteiger partial charge in [-0.15, -0.1) is 0 Å². The molecule has 126 valence electrons. The smallest absolute Gasteiger partial charge is 0.259 e. The number of rotatable bonds is 3. The van der Waals surface area contributed by atoms with Crippen molar-refractivity contribution in [3.05, 3.63) is 54.1 Å². The summed E-state index contributed by atoms with van der Waals surface area (Å²) in [6.07, 6.45) is 4.26. The first kappa shape index (κ1) is 15.3. The van der Waals surface area contributed by atoms with E-state index in [0.717, 1.165) is 30.9 Å². The van der Waals surface area contributed by atoms with Crippen molar-refractivity contribution in [2.24, 2.45) is 0 Å². The molecule has 0 aliphatic carbocycles. The van der Waals surface area contributed by atoms with Gasteiger partial charge in [0, 0.05) is 24.8 Å². The molecule has 1 amide bonds. The van der Waals surface area contributed by atoms with Gasteiger partial charge >= 0.3 is 0 Å². The fourth-order valence-corrected chi connectivity index (χ4v) is 2.91. The summed E-state index contributed by atoms with van der Waals surface area (Å²) in [4.78, 5) is 21.5. The number of nitrogens with zero attached hydrogens (tertiary/aromatic N) is 4. The number of aromatic nitrogens is 4. The molecule has 2 aromatic heterocycles. The van der Waals surface area contributed by atoms with E-state index in [2.05, 4.69) is 25.7 Å². The summed E-state index contributed by atoms with van der Waals surface area (Å²) in [6, 6.07) is 9.64. The molecule has 3 aromatic rings. The third-order valence-electron chi connectivity index (χ3n) is 4.13. The van der Waals surface area contributed by atoms with Crippen LogP contribution in [0.4, 0.5) is 11.5 Å². The number of carbonyl (C=O) groups is 1. The molecule has 4 rings (SSSR count). The number of fused-ring (bicyclic) bond motifs is 1. The van der Waals surface area contributed by atoms with Gasteiger partial charge in [0.2, 0.25) is 0 Å². The molecule has 0 radical (unpaired) electrons. The molecule has 7 nitrogen and oxygen atoms in total. The number of anilines is 2. The number of carbonyl (C=O) groups excluding carboxylic acids is 1. The average Bonchev–Trinajstić information content (AvgIpc) is 3.05. The Morgan fingerprint density at radius 2 is 2.08 bits per heavy atom. The van der Waals surface area contributed by atoms with E-state index in [4.69, 9.17) is 0 Å². The maximum Gasteiger partial charge on any atom is 0.259 e. The van der Waals surface area contributed by atoms with E-state index in [1.54, 1.807) is 12.4 Å². The van der Waals surface area contributed by atoms with E-state index in [9.17, 15) is 4.79 Å². The van der Waals surface area contributed by atoms with Crippen molar-refractivity contribution in [2.75, 3.05) is 17.2 Å². The Bertz CT molecular complexity index is 919. The van der Waals surface area contributed by atoms with Crippen molar-refractivity contribution in [3.8, 4) is 11.3 Å². The highest BCUT2D eigenvalue weighted by Crippen LogP contribution is 2.26. The number of benzene rings is 1. The Balaban J connectivity index is 1.68. The zero-order valence-corrected chi connectivity index (χ0v) is 13.9. The molecular weight excluding hydrogens is 316 g/mol. The van der Waals surface area contributed by atoms with Crippen molar-refractivity contribution in [2.45, 2.75) is 19.9 Å². The first-order chi connectivity index (χ1) is 12.2. The van der Waals surface area contributed by atoms with Crippen LogP contribution in [-0.4, -0.2) is 32.2 Å². The van der Waals surface area contributed by atoms with Crippen molar-refractivity contribution in [1.82, 2.24) is 19.7 Å². The second-order valence-corrected chi connectivity index (χ2v) is 5.91. The summed E-state index contributed by atoms with van der Waals surface area (Å²) in [6.45, 7) is 3.53. The maximum atomic E-state index is 12.8. The number of hydrogen-bond donors (Lipinski definition) is 2. The van der Waals surface area contributed by atoms with Crippen LogP contribution in [0.25, 0.3) is 11.3 Å². The van der Waals surface area contributed by atoms with Crippen LogP contribution in [0, 0.1) is 6.92 Å². The fraction of sp³-hybridized carbons (Fsp3) is 0.222. The molecule has 1 aliphatic rings. The summed E-state index contributed by atoms with van der Waals surface area (Å²) in [5.74, 6) is 1.22.